The van der Waals surface area contributed by atoms with Crippen LogP contribution in [0, 0.1) is 17.8 Å². The molecule has 1 amide bonds. The van der Waals surface area contributed by atoms with Crippen molar-refractivity contribution < 1.29 is 14.3 Å². The fourth-order valence-corrected chi connectivity index (χ4v) is 5.37. The molecule has 1 heterocycles. The molecule has 4 heteroatoms. The van der Waals surface area contributed by atoms with Crippen LogP contribution in [-0.2, 0) is 4.79 Å². The summed E-state index contributed by atoms with van der Waals surface area (Å²) >= 11 is 0. The SMILES string of the molecule is O=C(CC1CC2CCC1C2)Nc1ccc2c(c1)OC1(CCCC1)O2. The van der Waals surface area contributed by atoms with Crippen LogP contribution in [0.1, 0.15) is 57.8 Å². The van der Waals surface area contributed by atoms with Crippen molar-refractivity contribution in [2.24, 2.45) is 17.8 Å². The second-order valence-electron chi connectivity index (χ2n) is 8.17. The largest absolute Gasteiger partial charge is 0.448 e. The minimum atomic E-state index is -0.436. The van der Waals surface area contributed by atoms with Gasteiger partial charge in [0, 0.05) is 31.0 Å². The minimum Gasteiger partial charge on any atom is -0.448 e. The Morgan fingerprint density at radius 1 is 1.12 bits per heavy atom. The van der Waals surface area contributed by atoms with Crippen molar-refractivity contribution in [3.05, 3.63) is 18.2 Å². The van der Waals surface area contributed by atoms with Gasteiger partial charge in [-0.2, -0.15) is 0 Å². The normalized spacial score (nSPS) is 31.8. The molecule has 4 nitrogen and oxygen atoms in total. The van der Waals surface area contributed by atoms with E-state index in [-0.39, 0.29) is 5.91 Å². The average Bonchev–Trinajstić information content (AvgIpc) is 3.31. The number of amides is 1. The molecule has 3 fully saturated rings. The van der Waals surface area contributed by atoms with Gasteiger partial charge in [0.25, 0.3) is 5.79 Å². The fraction of sp³-hybridized carbons (Fsp3) is 0.650. The first-order chi connectivity index (χ1) is 11.7. The van der Waals surface area contributed by atoms with E-state index in [1.807, 2.05) is 18.2 Å². The highest BCUT2D eigenvalue weighted by atomic mass is 16.7. The number of rotatable bonds is 3. The Morgan fingerprint density at radius 3 is 2.71 bits per heavy atom. The summed E-state index contributed by atoms with van der Waals surface area (Å²) in [6.45, 7) is 0. The molecule has 0 saturated heterocycles. The van der Waals surface area contributed by atoms with E-state index in [4.69, 9.17) is 9.47 Å². The van der Waals surface area contributed by atoms with Gasteiger partial charge in [-0.1, -0.05) is 6.42 Å². The van der Waals surface area contributed by atoms with Crippen molar-refractivity contribution in [1.29, 1.82) is 0 Å². The van der Waals surface area contributed by atoms with E-state index in [0.717, 1.165) is 54.7 Å². The Hall–Kier alpha value is -1.71. The maximum absolute atomic E-state index is 12.4. The molecule has 4 aliphatic rings. The quantitative estimate of drug-likeness (QED) is 0.889. The van der Waals surface area contributed by atoms with Gasteiger partial charge in [-0.15, -0.1) is 0 Å². The summed E-state index contributed by atoms with van der Waals surface area (Å²) in [6.07, 6.45) is 10.2. The zero-order valence-electron chi connectivity index (χ0n) is 14.1. The Morgan fingerprint density at radius 2 is 1.96 bits per heavy atom. The van der Waals surface area contributed by atoms with E-state index in [0.29, 0.717) is 12.3 Å². The summed E-state index contributed by atoms with van der Waals surface area (Å²) < 4.78 is 12.1. The number of anilines is 1. The number of carbonyl (C=O) groups excluding carboxylic acids is 1. The molecule has 3 unspecified atom stereocenters. The lowest BCUT2D eigenvalue weighted by atomic mass is 9.86. The van der Waals surface area contributed by atoms with E-state index < -0.39 is 5.79 Å². The molecule has 1 aliphatic heterocycles. The van der Waals surface area contributed by atoms with Crippen molar-refractivity contribution in [2.45, 2.75) is 63.6 Å². The number of carbonyl (C=O) groups is 1. The molecule has 3 atom stereocenters. The molecule has 3 aliphatic carbocycles. The zero-order chi connectivity index (χ0) is 16.1. The van der Waals surface area contributed by atoms with Crippen molar-refractivity contribution in [3.63, 3.8) is 0 Å². The third-order valence-electron chi connectivity index (χ3n) is 6.52. The van der Waals surface area contributed by atoms with E-state index in [1.54, 1.807) is 0 Å². The molecule has 0 aromatic heterocycles. The maximum atomic E-state index is 12.4. The number of hydrogen-bond donors (Lipinski definition) is 1. The van der Waals surface area contributed by atoms with Gasteiger partial charge in [0.1, 0.15) is 0 Å². The first kappa shape index (κ1) is 14.6. The van der Waals surface area contributed by atoms with Gasteiger partial charge in [-0.3, -0.25) is 4.79 Å². The van der Waals surface area contributed by atoms with E-state index in [1.165, 1.54) is 25.7 Å². The van der Waals surface area contributed by atoms with Gasteiger partial charge < -0.3 is 14.8 Å². The number of nitrogens with one attached hydrogen (secondary N) is 1. The van der Waals surface area contributed by atoms with Crippen LogP contribution in [0.5, 0.6) is 11.5 Å². The van der Waals surface area contributed by atoms with Crippen molar-refractivity contribution in [2.75, 3.05) is 5.32 Å². The van der Waals surface area contributed by atoms with Crippen LogP contribution >= 0.6 is 0 Å². The van der Waals surface area contributed by atoms with Crippen LogP contribution in [0.15, 0.2) is 18.2 Å². The summed E-state index contributed by atoms with van der Waals surface area (Å²) in [4.78, 5) is 12.4. The van der Waals surface area contributed by atoms with Crippen LogP contribution in [-0.4, -0.2) is 11.7 Å². The third kappa shape index (κ3) is 2.47. The van der Waals surface area contributed by atoms with E-state index >= 15 is 0 Å². The third-order valence-corrected chi connectivity index (χ3v) is 6.52. The lowest BCUT2D eigenvalue weighted by Crippen LogP contribution is -2.34. The second kappa shape index (κ2) is 5.40. The van der Waals surface area contributed by atoms with Crippen LogP contribution < -0.4 is 14.8 Å². The molecule has 1 N–H and O–H groups in total. The standard InChI is InChI=1S/C20H25NO3/c22-19(11-15-10-13-3-4-14(15)9-13)21-16-5-6-17-18(12-16)24-20(23-17)7-1-2-8-20/h5-6,12-15H,1-4,7-11H2,(H,21,22). The topological polar surface area (TPSA) is 47.6 Å². The Bertz CT molecular complexity index is 665. The molecule has 2 bridgehead atoms. The molecular weight excluding hydrogens is 302 g/mol. The van der Waals surface area contributed by atoms with Crippen LogP contribution in [0.2, 0.25) is 0 Å². The van der Waals surface area contributed by atoms with Crippen molar-refractivity contribution in [1.82, 2.24) is 0 Å². The Labute approximate surface area is 142 Å². The van der Waals surface area contributed by atoms with Gasteiger partial charge >= 0.3 is 0 Å². The molecule has 3 saturated carbocycles. The zero-order valence-corrected chi connectivity index (χ0v) is 14.1. The van der Waals surface area contributed by atoms with Gasteiger partial charge in [0.2, 0.25) is 5.91 Å². The average molecular weight is 327 g/mol. The van der Waals surface area contributed by atoms with Crippen molar-refractivity contribution in [3.8, 4) is 11.5 Å². The molecule has 5 rings (SSSR count). The molecule has 128 valence electrons. The summed E-state index contributed by atoms with van der Waals surface area (Å²) in [5, 5.41) is 3.06. The highest BCUT2D eigenvalue weighted by molar-refractivity contribution is 5.91. The first-order valence-electron chi connectivity index (χ1n) is 9.51. The number of hydrogen-bond acceptors (Lipinski definition) is 3. The minimum absolute atomic E-state index is 0.141. The number of ether oxygens (including phenoxy) is 2. The first-order valence-corrected chi connectivity index (χ1v) is 9.51. The van der Waals surface area contributed by atoms with Crippen LogP contribution in [0.3, 0.4) is 0 Å². The van der Waals surface area contributed by atoms with Crippen LogP contribution in [0.25, 0.3) is 0 Å². The summed E-state index contributed by atoms with van der Waals surface area (Å²) in [5.74, 6) is 3.56. The highest BCUT2D eigenvalue weighted by Crippen LogP contribution is 2.50. The summed E-state index contributed by atoms with van der Waals surface area (Å²) in [5.41, 5.74) is 0.820. The van der Waals surface area contributed by atoms with Crippen LogP contribution in [0.4, 0.5) is 5.69 Å². The fourth-order valence-electron chi connectivity index (χ4n) is 5.37. The predicted octanol–water partition coefficient (Wildman–Crippen LogP) is 4.49. The molecule has 1 aromatic rings. The molecule has 1 spiro atoms. The highest BCUT2D eigenvalue weighted by Gasteiger charge is 2.44. The Kier molecular flexibility index (Phi) is 3.29. The molecule has 24 heavy (non-hydrogen) atoms. The maximum Gasteiger partial charge on any atom is 0.251 e. The van der Waals surface area contributed by atoms with E-state index in [9.17, 15) is 4.79 Å². The lowest BCUT2D eigenvalue weighted by Gasteiger charge is -2.21. The monoisotopic (exact) mass is 327 g/mol. The van der Waals surface area contributed by atoms with Gasteiger partial charge in [0.05, 0.1) is 0 Å². The Balaban J connectivity index is 1.23. The predicted molar refractivity (Wildman–Crippen MR) is 91.1 cm³/mol. The van der Waals surface area contributed by atoms with Gasteiger partial charge in [-0.05, 0) is 62.0 Å². The summed E-state index contributed by atoms with van der Waals surface area (Å²) in [6, 6.07) is 5.77. The molecule has 0 radical (unpaired) electrons. The van der Waals surface area contributed by atoms with Crippen molar-refractivity contribution >= 4 is 11.6 Å². The van der Waals surface area contributed by atoms with Gasteiger partial charge in [-0.25, -0.2) is 0 Å². The molecule has 1 aromatic carbocycles. The number of benzene rings is 1. The second-order valence-corrected chi connectivity index (χ2v) is 8.17. The number of fused-ring (bicyclic) bond motifs is 3. The molecular formula is C20H25NO3. The van der Waals surface area contributed by atoms with E-state index in [2.05, 4.69) is 5.32 Å². The summed E-state index contributed by atoms with van der Waals surface area (Å²) in [7, 11) is 0. The van der Waals surface area contributed by atoms with Gasteiger partial charge in [0.15, 0.2) is 11.5 Å². The lowest BCUT2D eigenvalue weighted by molar-refractivity contribution is -0.117. The smallest absolute Gasteiger partial charge is 0.251 e.